The molecule has 3 heteroatoms. The molecule has 1 aliphatic rings. The normalized spacial score (nSPS) is 28.1. The summed E-state index contributed by atoms with van der Waals surface area (Å²) in [6.45, 7) is 5.39. The molecule has 0 spiro atoms. The van der Waals surface area contributed by atoms with E-state index >= 15 is 0 Å². The Kier molecular flexibility index (Phi) is 2.18. The summed E-state index contributed by atoms with van der Waals surface area (Å²) in [6.07, 6.45) is 3.99. The highest BCUT2D eigenvalue weighted by Gasteiger charge is 2.29. The molecule has 0 saturated heterocycles. The first kappa shape index (κ1) is 8.53. The molecule has 0 amide bonds. The van der Waals surface area contributed by atoms with Crippen LogP contribution in [0.15, 0.2) is 24.3 Å². The van der Waals surface area contributed by atoms with Gasteiger partial charge in [0.15, 0.2) is 9.84 Å². The van der Waals surface area contributed by atoms with Crippen molar-refractivity contribution in [1.29, 1.82) is 0 Å². The Hall–Kier alpha value is -0.570. The van der Waals surface area contributed by atoms with E-state index in [9.17, 15) is 8.42 Å². The number of hydrogen-bond acceptors (Lipinski definition) is 2. The van der Waals surface area contributed by atoms with Gasteiger partial charge in [0.1, 0.15) is 0 Å². The Morgan fingerprint density at radius 3 is 2.82 bits per heavy atom. The van der Waals surface area contributed by atoms with Crippen LogP contribution in [0.1, 0.15) is 13.3 Å². The van der Waals surface area contributed by atoms with Crippen LogP contribution in [0.4, 0.5) is 0 Å². The Balaban J connectivity index is 2.90. The van der Waals surface area contributed by atoms with Crippen molar-refractivity contribution in [2.75, 3.05) is 5.75 Å². The molecule has 0 saturated carbocycles. The van der Waals surface area contributed by atoms with Crippen molar-refractivity contribution in [3.63, 3.8) is 0 Å². The van der Waals surface area contributed by atoms with Gasteiger partial charge in [0, 0.05) is 0 Å². The topological polar surface area (TPSA) is 34.1 Å². The van der Waals surface area contributed by atoms with E-state index in [4.69, 9.17) is 0 Å². The zero-order chi connectivity index (χ0) is 8.48. The highest BCUT2D eigenvalue weighted by Crippen LogP contribution is 2.23. The highest BCUT2D eigenvalue weighted by molar-refractivity contribution is 7.92. The Morgan fingerprint density at radius 1 is 1.82 bits per heavy atom. The first-order chi connectivity index (χ1) is 5.08. The standard InChI is InChI=1S/C8H12O2S/c1-3-4-8-7(2)5-6-11(8,9)10/h3,5,8H,1,4,6H2,2H3. The van der Waals surface area contributed by atoms with Gasteiger partial charge < -0.3 is 0 Å². The van der Waals surface area contributed by atoms with Gasteiger partial charge in [0.2, 0.25) is 0 Å². The number of rotatable bonds is 2. The summed E-state index contributed by atoms with van der Waals surface area (Å²) >= 11 is 0. The fraction of sp³-hybridized carbons (Fsp3) is 0.500. The van der Waals surface area contributed by atoms with Gasteiger partial charge in [-0.05, 0) is 13.3 Å². The number of hydrogen-bond donors (Lipinski definition) is 0. The smallest absolute Gasteiger partial charge is 0.160 e. The maximum Gasteiger partial charge on any atom is 0.160 e. The Labute approximate surface area is 67.5 Å². The van der Waals surface area contributed by atoms with E-state index in [1.807, 2.05) is 6.92 Å². The fourth-order valence-corrected chi connectivity index (χ4v) is 3.08. The van der Waals surface area contributed by atoms with E-state index in [-0.39, 0.29) is 11.0 Å². The van der Waals surface area contributed by atoms with Crippen molar-refractivity contribution in [2.24, 2.45) is 0 Å². The van der Waals surface area contributed by atoms with Crippen molar-refractivity contribution in [1.82, 2.24) is 0 Å². The molecule has 0 bridgehead atoms. The second-order valence-electron chi connectivity index (χ2n) is 2.79. The van der Waals surface area contributed by atoms with E-state index in [1.165, 1.54) is 0 Å². The first-order valence-corrected chi connectivity index (χ1v) is 5.28. The van der Waals surface area contributed by atoms with Crippen LogP contribution < -0.4 is 0 Å². The molecule has 0 radical (unpaired) electrons. The van der Waals surface area contributed by atoms with Crippen molar-refractivity contribution in [2.45, 2.75) is 18.6 Å². The average Bonchev–Trinajstić information content (AvgIpc) is 2.16. The Bertz CT molecular complexity index is 285. The van der Waals surface area contributed by atoms with Crippen LogP contribution in [0.5, 0.6) is 0 Å². The van der Waals surface area contributed by atoms with Crippen LogP contribution in [0, 0.1) is 0 Å². The maximum atomic E-state index is 11.3. The van der Waals surface area contributed by atoms with Gasteiger partial charge in [0.05, 0.1) is 11.0 Å². The predicted molar refractivity (Wildman–Crippen MR) is 46.1 cm³/mol. The summed E-state index contributed by atoms with van der Waals surface area (Å²) in [6, 6.07) is 0. The average molecular weight is 172 g/mol. The zero-order valence-electron chi connectivity index (χ0n) is 6.58. The van der Waals surface area contributed by atoms with Gasteiger partial charge in [-0.2, -0.15) is 0 Å². The molecule has 2 nitrogen and oxygen atoms in total. The van der Waals surface area contributed by atoms with E-state index in [0.717, 1.165) is 5.57 Å². The molecular weight excluding hydrogens is 160 g/mol. The van der Waals surface area contributed by atoms with Gasteiger partial charge >= 0.3 is 0 Å². The molecule has 11 heavy (non-hydrogen) atoms. The summed E-state index contributed by atoms with van der Waals surface area (Å²) in [7, 11) is -2.86. The van der Waals surface area contributed by atoms with Crippen LogP contribution in [0.2, 0.25) is 0 Å². The lowest BCUT2D eigenvalue weighted by Crippen LogP contribution is -2.17. The van der Waals surface area contributed by atoms with Gasteiger partial charge in [-0.25, -0.2) is 8.42 Å². The van der Waals surface area contributed by atoms with Gasteiger partial charge in [0.25, 0.3) is 0 Å². The molecular formula is C8H12O2S. The molecule has 1 unspecified atom stereocenters. The van der Waals surface area contributed by atoms with Crippen molar-refractivity contribution in [3.05, 3.63) is 24.3 Å². The third kappa shape index (κ3) is 1.53. The molecule has 0 aliphatic carbocycles. The number of allylic oxidation sites excluding steroid dienone is 1. The molecule has 0 aromatic carbocycles. The molecule has 62 valence electrons. The lowest BCUT2D eigenvalue weighted by atomic mass is 10.1. The SMILES string of the molecule is C=CCC1C(C)=CCS1(=O)=O. The van der Waals surface area contributed by atoms with Gasteiger partial charge in [-0.3, -0.25) is 0 Å². The molecule has 0 fully saturated rings. The molecule has 0 aromatic rings. The molecule has 1 atom stereocenters. The van der Waals surface area contributed by atoms with Crippen LogP contribution in [-0.2, 0) is 9.84 Å². The molecule has 0 aromatic heterocycles. The summed E-state index contributed by atoms with van der Waals surface area (Å²) in [5.41, 5.74) is 0.963. The van der Waals surface area contributed by atoms with E-state index in [0.29, 0.717) is 6.42 Å². The molecule has 0 N–H and O–H groups in total. The summed E-state index contributed by atoms with van der Waals surface area (Å²) < 4.78 is 22.5. The van der Waals surface area contributed by atoms with Crippen molar-refractivity contribution < 1.29 is 8.42 Å². The highest BCUT2D eigenvalue weighted by atomic mass is 32.2. The van der Waals surface area contributed by atoms with E-state index in [2.05, 4.69) is 6.58 Å². The third-order valence-electron chi connectivity index (χ3n) is 1.96. The van der Waals surface area contributed by atoms with Gasteiger partial charge in [-0.15, -0.1) is 6.58 Å². The fourth-order valence-electron chi connectivity index (χ4n) is 1.26. The lowest BCUT2D eigenvalue weighted by Gasteiger charge is -2.07. The van der Waals surface area contributed by atoms with Crippen LogP contribution in [0.3, 0.4) is 0 Å². The minimum Gasteiger partial charge on any atom is -0.228 e. The molecule has 1 heterocycles. The summed E-state index contributed by atoms with van der Waals surface area (Å²) in [5, 5.41) is -0.292. The minimum absolute atomic E-state index is 0.206. The maximum absolute atomic E-state index is 11.3. The van der Waals surface area contributed by atoms with Crippen LogP contribution in [-0.4, -0.2) is 19.4 Å². The first-order valence-electron chi connectivity index (χ1n) is 3.57. The van der Waals surface area contributed by atoms with E-state index < -0.39 is 9.84 Å². The van der Waals surface area contributed by atoms with E-state index in [1.54, 1.807) is 12.2 Å². The van der Waals surface area contributed by atoms with Crippen molar-refractivity contribution in [3.8, 4) is 0 Å². The monoisotopic (exact) mass is 172 g/mol. The quantitative estimate of drug-likeness (QED) is 0.588. The molecule has 1 rings (SSSR count). The lowest BCUT2D eigenvalue weighted by molar-refractivity contribution is 0.592. The largest absolute Gasteiger partial charge is 0.228 e. The van der Waals surface area contributed by atoms with Crippen LogP contribution in [0.25, 0.3) is 0 Å². The predicted octanol–water partition coefficient (Wildman–Crippen LogP) is 1.31. The molecule has 1 aliphatic heterocycles. The Morgan fingerprint density at radius 2 is 2.45 bits per heavy atom. The number of sulfone groups is 1. The second-order valence-corrected chi connectivity index (χ2v) is 5.02. The third-order valence-corrected chi connectivity index (χ3v) is 4.02. The summed E-state index contributed by atoms with van der Waals surface area (Å²) in [5.74, 6) is 0.206. The van der Waals surface area contributed by atoms with Gasteiger partial charge in [-0.1, -0.05) is 17.7 Å². The zero-order valence-corrected chi connectivity index (χ0v) is 7.39. The summed E-state index contributed by atoms with van der Waals surface area (Å²) in [4.78, 5) is 0. The van der Waals surface area contributed by atoms with Crippen LogP contribution >= 0.6 is 0 Å². The van der Waals surface area contributed by atoms with Crippen molar-refractivity contribution >= 4 is 9.84 Å². The minimum atomic E-state index is -2.86. The second kappa shape index (κ2) is 2.81.